The minimum Gasteiger partial charge on any atom is -0.507 e. The molecule has 1 heterocycles. The number of allylic oxidation sites excluding steroid dienone is 3. The second kappa shape index (κ2) is 14.5. The van der Waals surface area contributed by atoms with E-state index in [2.05, 4.69) is 19.7 Å². The van der Waals surface area contributed by atoms with Crippen molar-refractivity contribution in [2.75, 3.05) is 0 Å². The third kappa shape index (κ3) is 8.25. The van der Waals surface area contributed by atoms with E-state index in [0.717, 1.165) is 13.7 Å². The first-order valence-corrected chi connectivity index (χ1v) is 18.2. The standard InChI is InChI=1S/C45H57N3O6/c1-25(2)31-16-28(17-32(26(3)4)37(31)49)22-46-40(52)47(23-29-18-33(27(5)6)38(50)34(19-29)43(7,8)9)42(54)48(41(46)53)24-30-20-35(44(10,11)12)39(51)36(21-30)45(13,14)15/h16-21,49-51H,1,3,5,22-24H2,2,4,6-15H3. The van der Waals surface area contributed by atoms with Crippen LogP contribution in [0.25, 0.3) is 16.7 Å². The molecule has 0 aliphatic carbocycles. The number of benzene rings is 3. The molecule has 0 radical (unpaired) electrons. The first-order valence-electron chi connectivity index (χ1n) is 18.2. The van der Waals surface area contributed by atoms with Crippen LogP contribution in [0.1, 0.15) is 133 Å². The number of rotatable bonds is 9. The average Bonchev–Trinajstić information content (AvgIpc) is 3.03. The van der Waals surface area contributed by atoms with E-state index >= 15 is 0 Å². The summed E-state index contributed by atoms with van der Waals surface area (Å²) >= 11 is 0. The van der Waals surface area contributed by atoms with Gasteiger partial charge in [-0.25, -0.2) is 28.1 Å². The van der Waals surface area contributed by atoms with Crippen LogP contribution < -0.4 is 17.1 Å². The maximum Gasteiger partial charge on any atom is 0.336 e. The van der Waals surface area contributed by atoms with E-state index in [0.29, 0.717) is 66.8 Å². The molecule has 4 rings (SSSR count). The summed E-state index contributed by atoms with van der Waals surface area (Å²) in [5.41, 5.74) is 3.00. The molecule has 0 unspecified atom stereocenters. The molecule has 0 aliphatic heterocycles. The summed E-state index contributed by atoms with van der Waals surface area (Å²) in [6.45, 7) is 34.5. The Balaban J connectivity index is 2.08. The van der Waals surface area contributed by atoms with Gasteiger partial charge in [0.25, 0.3) is 0 Å². The van der Waals surface area contributed by atoms with E-state index in [4.69, 9.17) is 0 Å². The molecule has 4 aromatic rings. The summed E-state index contributed by atoms with van der Waals surface area (Å²) in [6.07, 6.45) is 0. The highest BCUT2D eigenvalue weighted by atomic mass is 16.3. The molecule has 0 spiro atoms. The van der Waals surface area contributed by atoms with Crippen molar-refractivity contribution in [3.05, 3.63) is 138 Å². The molecule has 0 aliphatic rings. The first-order chi connectivity index (χ1) is 24.6. The fraction of sp³-hybridized carbons (Fsp3) is 0.400. The van der Waals surface area contributed by atoms with Crippen LogP contribution in [0.5, 0.6) is 17.2 Å². The maximum absolute atomic E-state index is 14.5. The number of nitrogens with zero attached hydrogens (tertiary/aromatic N) is 3. The van der Waals surface area contributed by atoms with Crippen molar-refractivity contribution in [1.82, 2.24) is 13.7 Å². The number of aromatic hydroxyl groups is 3. The van der Waals surface area contributed by atoms with Crippen molar-refractivity contribution in [2.45, 2.75) is 119 Å². The zero-order valence-electron chi connectivity index (χ0n) is 34.1. The van der Waals surface area contributed by atoms with E-state index in [1.54, 1.807) is 45.0 Å². The van der Waals surface area contributed by atoms with E-state index in [1.165, 1.54) is 0 Å². The molecule has 3 aromatic carbocycles. The Morgan fingerprint density at radius 3 is 0.981 bits per heavy atom. The van der Waals surface area contributed by atoms with Crippen molar-refractivity contribution in [3.8, 4) is 17.2 Å². The molecule has 0 fully saturated rings. The normalized spacial score (nSPS) is 12.2. The highest BCUT2D eigenvalue weighted by Gasteiger charge is 2.28. The fourth-order valence-electron chi connectivity index (χ4n) is 6.68. The quantitative estimate of drug-likeness (QED) is 0.159. The Bertz CT molecular complexity index is 2310. The van der Waals surface area contributed by atoms with Gasteiger partial charge in [0.05, 0.1) is 19.6 Å². The van der Waals surface area contributed by atoms with Crippen molar-refractivity contribution in [3.63, 3.8) is 0 Å². The Labute approximate surface area is 318 Å². The van der Waals surface area contributed by atoms with Gasteiger partial charge in [0.2, 0.25) is 0 Å². The van der Waals surface area contributed by atoms with Crippen LogP contribution in [0, 0.1) is 0 Å². The number of phenols is 3. The zero-order chi connectivity index (χ0) is 41.0. The van der Waals surface area contributed by atoms with Gasteiger partial charge in [-0.2, -0.15) is 0 Å². The number of aromatic nitrogens is 3. The Kier molecular flexibility index (Phi) is 11.1. The van der Waals surface area contributed by atoms with Gasteiger partial charge >= 0.3 is 17.1 Å². The van der Waals surface area contributed by atoms with Gasteiger partial charge in [-0.3, -0.25) is 0 Å². The third-order valence-corrected chi connectivity index (χ3v) is 9.72. The van der Waals surface area contributed by atoms with Gasteiger partial charge in [0.15, 0.2) is 0 Å². The van der Waals surface area contributed by atoms with Gasteiger partial charge in [0.1, 0.15) is 17.2 Å². The summed E-state index contributed by atoms with van der Waals surface area (Å²) in [4.78, 5) is 43.4. The summed E-state index contributed by atoms with van der Waals surface area (Å²) in [6, 6.07) is 10.5. The van der Waals surface area contributed by atoms with Gasteiger partial charge in [0, 0.05) is 22.3 Å². The van der Waals surface area contributed by atoms with Crippen LogP contribution in [0.15, 0.2) is 70.5 Å². The van der Waals surface area contributed by atoms with Crippen molar-refractivity contribution >= 4 is 16.7 Å². The summed E-state index contributed by atoms with van der Waals surface area (Å²) in [5, 5.41) is 33.5. The second-order valence-corrected chi connectivity index (χ2v) is 17.8. The van der Waals surface area contributed by atoms with Crippen molar-refractivity contribution in [2.24, 2.45) is 0 Å². The predicted molar refractivity (Wildman–Crippen MR) is 221 cm³/mol. The van der Waals surface area contributed by atoms with Crippen LogP contribution in [0.2, 0.25) is 0 Å². The Morgan fingerprint density at radius 1 is 0.463 bits per heavy atom. The summed E-state index contributed by atoms with van der Waals surface area (Å²) < 4.78 is 3.12. The molecular formula is C45H57N3O6. The lowest BCUT2D eigenvalue weighted by atomic mass is 9.78. The van der Waals surface area contributed by atoms with Crippen molar-refractivity contribution < 1.29 is 15.3 Å². The third-order valence-electron chi connectivity index (χ3n) is 9.72. The van der Waals surface area contributed by atoms with Crippen LogP contribution in [-0.4, -0.2) is 29.0 Å². The molecule has 1 aromatic heterocycles. The number of hydrogen-bond acceptors (Lipinski definition) is 6. The molecule has 0 amide bonds. The molecule has 3 N–H and O–H groups in total. The molecule has 0 saturated carbocycles. The predicted octanol–water partition coefficient (Wildman–Crippen LogP) is 8.43. The van der Waals surface area contributed by atoms with Crippen LogP contribution in [0.3, 0.4) is 0 Å². The number of phenolic OH excluding ortho intramolecular Hbond substituents is 3. The van der Waals surface area contributed by atoms with Crippen molar-refractivity contribution in [1.29, 1.82) is 0 Å². The molecule has 9 nitrogen and oxygen atoms in total. The summed E-state index contributed by atoms with van der Waals surface area (Å²) in [5.74, 6) is 0.247. The fourth-order valence-corrected chi connectivity index (χ4v) is 6.68. The molecule has 0 atom stereocenters. The SMILES string of the molecule is C=C(C)c1cc(Cn2c(=O)n(Cc3cc(C(=C)C)c(O)c(C(C)(C)C)c3)c(=O)n(Cc3cc(C(C)(C)C)c(O)c(C(C)(C)C)c3)c2=O)cc(C(=C)C)c1O. The van der Waals surface area contributed by atoms with E-state index < -0.39 is 33.3 Å². The van der Waals surface area contributed by atoms with Crippen LogP contribution in [0.4, 0.5) is 0 Å². The monoisotopic (exact) mass is 735 g/mol. The molecule has 0 bridgehead atoms. The van der Waals surface area contributed by atoms with E-state index in [1.807, 2.05) is 74.4 Å². The van der Waals surface area contributed by atoms with Crippen LogP contribution in [-0.2, 0) is 35.9 Å². The lowest BCUT2D eigenvalue weighted by molar-refractivity contribution is 0.422. The Hall–Kier alpha value is -5.31. The number of hydrogen-bond donors (Lipinski definition) is 3. The molecule has 9 heteroatoms. The van der Waals surface area contributed by atoms with Gasteiger partial charge in [-0.1, -0.05) is 82.1 Å². The Morgan fingerprint density at radius 2 is 0.704 bits per heavy atom. The molecule has 54 heavy (non-hydrogen) atoms. The highest BCUT2D eigenvalue weighted by molar-refractivity contribution is 5.77. The van der Waals surface area contributed by atoms with Gasteiger partial charge in [-0.05, 0) is 118 Å². The first kappa shape index (κ1) is 41.4. The molecular weight excluding hydrogens is 679 g/mol. The lowest BCUT2D eigenvalue weighted by Crippen LogP contribution is -2.54. The minimum atomic E-state index is -0.818. The van der Waals surface area contributed by atoms with E-state index in [-0.39, 0.29) is 36.9 Å². The minimum absolute atomic E-state index is 0.000382. The molecule has 288 valence electrons. The smallest absolute Gasteiger partial charge is 0.336 e. The molecule has 0 saturated heterocycles. The topological polar surface area (TPSA) is 127 Å². The zero-order valence-corrected chi connectivity index (χ0v) is 34.1. The lowest BCUT2D eigenvalue weighted by Gasteiger charge is -2.28. The van der Waals surface area contributed by atoms with Crippen LogP contribution >= 0.6 is 0 Å². The van der Waals surface area contributed by atoms with E-state index in [9.17, 15) is 29.7 Å². The largest absolute Gasteiger partial charge is 0.507 e. The average molecular weight is 736 g/mol. The van der Waals surface area contributed by atoms with Gasteiger partial charge < -0.3 is 15.3 Å². The highest BCUT2D eigenvalue weighted by Crippen LogP contribution is 2.40. The van der Waals surface area contributed by atoms with Gasteiger partial charge in [-0.15, -0.1) is 0 Å². The maximum atomic E-state index is 14.5. The summed E-state index contributed by atoms with van der Waals surface area (Å²) in [7, 11) is 0. The second-order valence-electron chi connectivity index (χ2n) is 17.8.